The van der Waals surface area contributed by atoms with Gasteiger partial charge in [-0.2, -0.15) is 0 Å². The minimum absolute atomic E-state index is 0.745. The normalized spacial score (nSPS) is 11.5. The zero-order valence-corrected chi connectivity index (χ0v) is 32.5. The third-order valence-electron chi connectivity index (χ3n) is 9.78. The molecule has 0 bridgehead atoms. The molecule has 1 heterocycles. The number of aryl methyl sites for hydroxylation is 1. The molecular weight excluding hydrogens is 663 g/mol. The van der Waals surface area contributed by atoms with Gasteiger partial charge in [-0.25, -0.2) is 4.98 Å². The molecule has 7 aromatic rings. The molecule has 55 heavy (non-hydrogen) atoms. The number of hydrogen-bond donors (Lipinski definition) is 0. The first-order valence-electron chi connectivity index (χ1n) is 19.2. The van der Waals surface area contributed by atoms with E-state index in [1.54, 1.807) is 0 Å². The summed E-state index contributed by atoms with van der Waals surface area (Å²) >= 11 is 0. The van der Waals surface area contributed by atoms with E-state index in [0.29, 0.717) is 0 Å². The lowest BCUT2D eigenvalue weighted by Crippen LogP contribution is -1.96. The zero-order chi connectivity index (χ0) is 38.6. The Morgan fingerprint density at radius 1 is 0.600 bits per heavy atom. The Labute approximate surface area is 328 Å². The fourth-order valence-electron chi connectivity index (χ4n) is 7.09. The van der Waals surface area contributed by atoms with Gasteiger partial charge in [0.1, 0.15) is 0 Å². The van der Waals surface area contributed by atoms with Crippen LogP contribution in [0.2, 0.25) is 0 Å². The molecule has 6 aromatic carbocycles. The number of rotatable bonds is 11. The molecule has 1 heteroatoms. The third-order valence-corrected chi connectivity index (χ3v) is 9.78. The maximum absolute atomic E-state index is 5.33. The van der Waals surface area contributed by atoms with Gasteiger partial charge in [0.15, 0.2) is 0 Å². The molecule has 270 valence electrons. The summed E-state index contributed by atoms with van der Waals surface area (Å²) in [5.74, 6) is 0. The Hall–Kier alpha value is -6.57. The second kappa shape index (κ2) is 18.5. The Morgan fingerprint density at radius 3 is 2.04 bits per heavy atom. The molecule has 7 rings (SSSR count). The summed E-state index contributed by atoms with van der Waals surface area (Å²) in [7, 11) is 0. The first-order chi connectivity index (χ1) is 27.1. The lowest BCUT2D eigenvalue weighted by molar-refractivity contribution is 1.25. The summed E-state index contributed by atoms with van der Waals surface area (Å²) in [5, 5.41) is 2.41. The smallest absolute Gasteiger partial charge is 0.0715 e. The van der Waals surface area contributed by atoms with Crippen molar-refractivity contribution < 1.29 is 0 Å². The Bertz CT molecular complexity index is 2530. The van der Waals surface area contributed by atoms with E-state index in [0.717, 1.165) is 56.8 Å². The van der Waals surface area contributed by atoms with Crippen LogP contribution in [0.15, 0.2) is 177 Å². The van der Waals surface area contributed by atoms with Gasteiger partial charge >= 0.3 is 0 Å². The third kappa shape index (κ3) is 8.81. The van der Waals surface area contributed by atoms with E-state index in [4.69, 9.17) is 4.98 Å². The van der Waals surface area contributed by atoms with E-state index in [9.17, 15) is 0 Å². The monoisotopic (exact) mass is 711 g/mol. The standard InChI is InChI=1S/C52H43N.C2H6/c1-5-18-42(31-32-43-34-39(6-2)46(7-3)50-28-16-15-27-49(43)50)51-35-45(40-21-9-8-10-22-40)36-52(53-51)44-24-17-20-38(33-44)29-30-41-23-12-14-26-48(41)47-25-13-11-19-37(47)4;1-2/h5-31,33-36H,2-3,32H2,1,4H3;1-2H3/b18-5-,30-29+,42-31+;. The van der Waals surface area contributed by atoms with E-state index in [2.05, 4.69) is 203 Å². The van der Waals surface area contributed by atoms with Gasteiger partial charge in [-0.15, -0.1) is 0 Å². The van der Waals surface area contributed by atoms with Gasteiger partial charge in [-0.05, 0) is 110 Å². The van der Waals surface area contributed by atoms with E-state index in [-0.39, 0.29) is 0 Å². The minimum Gasteiger partial charge on any atom is -0.248 e. The zero-order valence-electron chi connectivity index (χ0n) is 32.5. The summed E-state index contributed by atoms with van der Waals surface area (Å²) in [6.07, 6.45) is 15.6. The van der Waals surface area contributed by atoms with Crippen LogP contribution in [0, 0.1) is 6.92 Å². The molecule has 0 aliphatic heterocycles. The molecule has 0 aliphatic carbocycles. The molecule has 0 N–H and O–H groups in total. The van der Waals surface area contributed by atoms with Crippen LogP contribution >= 0.6 is 0 Å². The van der Waals surface area contributed by atoms with Crippen molar-refractivity contribution in [3.63, 3.8) is 0 Å². The largest absolute Gasteiger partial charge is 0.248 e. The molecule has 0 fully saturated rings. The summed E-state index contributed by atoms with van der Waals surface area (Å²) in [5.41, 5.74) is 15.8. The number of benzene rings is 6. The fourth-order valence-corrected chi connectivity index (χ4v) is 7.09. The second-order valence-corrected chi connectivity index (χ2v) is 13.2. The molecule has 0 aliphatic rings. The van der Waals surface area contributed by atoms with Crippen LogP contribution in [0.1, 0.15) is 59.8 Å². The fraction of sp³-hybridized carbons (Fsp3) is 0.0926. The predicted octanol–water partition coefficient (Wildman–Crippen LogP) is 15.2. The Morgan fingerprint density at radius 2 is 1.29 bits per heavy atom. The van der Waals surface area contributed by atoms with Crippen molar-refractivity contribution in [2.24, 2.45) is 0 Å². The molecule has 1 nitrogen and oxygen atoms in total. The highest BCUT2D eigenvalue weighted by molar-refractivity contribution is 5.96. The van der Waals surface area contributed by atoms with E-state index in [1.165, 1.54) is 38.6 Å². The van der Waals surface area contributed by atoms with Crippen LogP contribution in [0.3, 0.4) is 0 Å². The minimum atomic E-state index is 0.745. The van der Waals surface area contributed by atoms with Gasteiger partial charge in [0, 0.05) is 5.56 Å². The molecule has 0 saturated carbocycles. The lowest BCUT2D eigenvalue weighted by atomic mass is 9.92. The number of allylic oxidation sites excluding steroid dienone is 4. The quantitative estimate of drug-likeness (QED) is 0.0961. The Kier molecular flexibility index (Phi) is 12.8. The maximum atomic E-state index is 5.33. The molecule has 0 spiro atoms. The highest BCUT2D eigenvalue weighted by atomic mass is 14.7. The lowest BCUT2D eigenvalue weighted by Gasteiger charge is -2.13. The molecule has 0 atom stereocenters. The summed E-state index contributed by atoms with van der Waals surface area (Å²) < 4.78 is 0. The molecular formula is C54H49N. The highest BCUT2D eigenvalue weighted by Crippen LogP contribution is 2.33. The van der Waals surface area contributed by atoms with Gasteiger partial charge in [0.25, 0.3) is 0 Å². The number of nitrogens with zero attached hydrogens (tertiary/aromatic N) is 1. The van der Waals surface area contributed by atoms with E-state index >= 15 is 0 Å². The average Bonchev–Trinajstić information content (AvgIpc) is 3.25. The van der Waals surface area contributed by atoms with Crippen molar-refractivity contribution in [3.8, 4) is 33.5 Å². The van der Waals surface area contributed by atoms with Crippen molar-refractivity contribution in [1.29, 1.82) is 0 Å². The van der Waals surface area contributed by atoms with E-state index in [1.807, 2.05) is 26.0 Å². The van der Waals surface area contributed by atoms with Crippen LogP contribution in [-0.2, 0) is 6.42 Å². The number of fused-ring (bicyclic) bond motifs is 1. The van der Waals surface area contributed by atoms with Gasteiger partial charge in [-0.3, -0.25) is 0 Å². The van der Waals surface area contributed by atoms with Crippen LogP contribution in [0.5, 0.6) is 0 Å². The molecule has 0 saturated heterocycles. The SMILES string of the molecule is C=Cc1cc(C/C=C(\C=C/C)c2cc(-c3ccccc3)cc(-c3cccc(/C=C/c4ccccc4-c4ccccc4C)c3)n2)c2ccccc2c1C=C.CC. The average molecular weight is 712 g/mol. The molecule has 0 unspecified atom stereocenters. The van der Waals surface area contributed by atoms with Crippen LogP contribution in [0.25, 0.3) is 74.2 Å². The van der Waals surface area contributed by atoms with Gasteiger partial charge in [0.05, 0.1) is 11.4 Å². The predicted molar refractivity (Wildman–Crippen MR) is 243 cm³/mol. The van der Waals surface area contributed by atoms with Crippen LogP contribution < -0.4 is 0 Å². The molecule has 0 amide bonds. The number of aromatic nitrogens is 1. The van der Waals surface area contributed by atoms with Crippen LogP contribution in [-0.4, -0.2) is 4.98 Å². The summed E-state index contributed by atoms with van der Waals surface area (Å²) in [6.45, 7) is 16.4. The Balaban J connectivity index is 0.00000253. The molecule has 0 radical (unpaired) electrons. The second-order valence-electron chi connectivity index (χ2n) is 13.2. The summed E-state index contributed by atoms with van der Waals surface area (Å²) in [6, 6.07) is 51.6. The van der Waals surface area contributed by atoms with Gasteiger partial charge in [0.2, 0.25) is 0 Å². The van der Waals surface area contributed by atoms with Crippen molar-refractivity contribution in [2.75, 3.05) is 0 Å². The van der Waals surface area contributed by atoms with Gasteiger partial charge in [-0.1, -0.05) is 197 Å². The van der Waals surface area contributed by atoms with Crippen LogP contribution in [0.4, 0.5) is 0 Å². The topological polar surface area (TPSA) is 12.9 Å². The van der Waals surface area contributed by atoms with Crippen molar-refractivity contribution in [3.05, 3.63) is 216 Å². The summed E-state index contributed by atoms with van der Waals surface area (Å²) in [4.78, 5) is 5.33. The van der Waals surface area contributed by atoms with Crippen molar-refractivity contribution >= 4 is 40.6 Å². The van der Waals surface area contributed by atoms with E-state index < -0.39 is 0 Å². The first-order valence-corrected chi connectivity index (χ1v) is 19.2. The number of hydrogen-bond acceptors (Lipinski definition) is 1. The molecule has 1 aromatic heterocycles. The van der Waals surface area contributed by atoms with Crippen molar-refractivity contribution in [1.82, 2.24) is 4.98 Å². The van der Waals surface area contributed by atoms with Gasteiger partial charge < -0.3 is 0 Å². The number of pyridine rings is 1. The first kappa shape index (κ1) is 38.2. The maximum Gasteiger partial charge on any atom is 0.0715 e. The highest BCUT2D eigenvalue weighted by Gasteiger charge is 2.12. The van der Waals surface area contributed by atoms with Crippen molar-refractivity contribution in [2.45, 2.75) is 34.1 Å².